The fraction of sp³-hybridized carbons (Fsp3) is 0.217. The summed E-state index contributed by atoms with van der Waals surface area (Å²) in [6.07, 6.45) is 3.03. The number of aryl methyl sites for hydroxylation is 1. The standard InChI is InChI=1S/C23H23N5O2S/c1-28(13-5-8-20-14-21(27-30-20)18-6-3-2-4-7-18)22(29)19-11-9-17(10-12-19)15-31-23-24-16-25-26-23/h2-4,6-7,9-12,14,16H,5,8,13,15H2,1H3,(H,24,25,26). The molecule has 2 aromatic carbocycles. The molecule has 0 saturated heterocycles. The van der Waals surface area contributed by atoms with Gasteiger partial charge in [0.05, 0.1) is 0 Å². The molecule has 158 valence electrons. The number of thioether (sulfide) groups is 1. The van der Waals surface area contributed by atoms with Crippen molar-refractivity contribution < 1.29 is 9.32 Å². The van der Waals surface area contributed by atoms with Gasteiger partial charge in [-0.1, -0.05) is 59.4 Å². The fourth-order valence-corrected chi connectivity index (χ4v) is 3.88. The van der Waals surface area contributed by atoms with E-state index >= 15 is 0 Å². The molecule has 0 unspecified atom stereocenters. The molecule has 0 spiro atoms. The number of rotatable bonds is 9. The molecule has 0 fully saturated rings. The molecule has 0 aliphatic rings. The minimum Gasteiger partial charge on any atom is -0.361 e. The second-order valence-corrected chi connectivity index (χ2v) is 8.12. The van der Waals surface area contributed by atoms with Crippen LogP contribution in [0.15, 0.2) is 76.7 Å². The Hall–Kier alpha value is -3.39. The highest BCUT2D eigenvalue weighted by atomic mass is 32.2. The lowest BCUT2D eigenvalue weighted by Crippen LogP contribution is -2.28. The number of amides is 1. The van der Waals surface area contributed by atoms with Crippen molar-refractivity contribution >= 4 is 17.7 Å². The van der Waals surface area contributed by atoms with Crippen molar-refractivity contribution in [2.45, 2.75) is 23.8 Å². The predicted molar refractivity (Wildman–Crippen MR) is 120 cm³/mol. The van der Waals surface area contributed by atoms with Crippen LogP contribution in [0.4, 0.5) is 0 Å². The summed E-state index contributed by atoms with van der Waals surface area (Å²) >= 11 is 1.57. The maximum atomic E-state index is 12.7. The molecular weight excluding hydrogens is 410 g/mol. The van der Waals surface area contributed by atoms with E-state index in [4.69, 9.17) is 4.52 Å². The molecule has 0 bridgehead atoms. The Morgan fingerprint density at radius 3 is 2.68 bits per heavy atom. The van der Waals surface area contributed by atoms with E-state index < -0.39 is 0 Å². The maximum absolute atomic E-state index is 12.7. The molecule has 31 heavy (non-hydrogen) atoms. The molecule has 7 nitrogen and oxygen atoms in total. The summed E-state index contributed by atoms with van der Waals surface area (Å²) in [6, 6.07) is 19.6. The van der Waals surface area contributed by atoms with Crippen LogP contribution in [-0.4, -0.2) is 44.7 Å². The fourth-order valence-electron chi connectivity index (χ4n) is 3.15. The Bertz CT molecular complexity index is 1090. The van der Waals surface area contributed by atoms with E-state index in [0.717, 1.165) is 46.3 Å². The summed E-state index contributed by atoms with van der Waals surface area (Å²) in [5.74, 6) is 1.60. The average Bonchev–Trinajstić information content (AvgIpc) is 3.50. The van der Waals surface area contributed by atoms with Crippen molar-refractivity contribution in [3.8, 4) is 11.3 Å². The molecule has 2 aromatic heterocycles. The normalized spacial score (nSPS) is 10.9. The smallest absolute Gasteiger partial charge is 0.253 e. The molecule has 8 heteroatoms. The van der Waals surface area contributed by atoms with Gasteiger partial charge in [0.15, 0.2) is 5.16 Å². The van der Waals surface area contributed by atoms with Crippen LogP contribution < -0.4 is 0 Å². The Morgan fingerprint density at radius 2 is 1.94 bits per heavy atom. The van der Waals surface area contributed by atoms with Crippen molar-refractivity contribution in [1.29, 1.82) is 0 Å². The van der Waals surface area contributed by atoms with Crippen molar-refractivity contribution in [2.24, 2.45) is 0 Å². The largest absolute Gasteiger partial charge is 0.361 e. The second-order valence-electron chi connectivity index (χ2n) is 7.15. The highest BCUT2D eigenvalue weighted by Gasteiger charge is 2.12. The number of hydrogen-bond acceptors (Lipinski definition) is 6. The number of carbonyl (C=O) groups is 1. The molecule has 0 radical (unpaired) electrons. The molecule has 1 N–H and O–H groups in total. The molecule has 0 aliphatic carbocycles. The van der Waals surface area contributed by atoms with Crippen molar-refractivity contribution in [3.05, 3.63) is 83.9 Å². The number of benzene rings is 2. The summed E-state index contributed by atoms with van der Waals surface area (Å²) in [7, 11) is 1.83. The van der Waals surface area contributed by atoms with Crippen LogP contribution in [0.3, 0.4) is 0 Å². The predicted octanol–water partition coefficient (Wildman–Crippen LogP) is 4.46. The van der Waals surface area contributed by atoms with E-state index in [0.29, 0.717) is 12.1 Å². The lowest BCUT2D eigenvalue weighted by Gasteiger charge is -2.17. The molecular formula is C23H23N5O2S. The molecule has 1 amide bonds. The molecule has 0 saturated carbocycles. The lowest BCUT2D eigenvalue weighted by molar-refractivity contribution is 0.0793. The maximum Gasteiger partial charge on any atom is 0.253 e. The third kappa shape index (κ3) is 5.61. The third-order valence-corrected chi connectivity index (χ3v) is 5.81. The van der Waals surface area contributed by atoms with E-state index in [1.807, 2.05) is 67.7 Å². The van der Waals surface area contributed by atoms with Crippen LogP contribution in [0.25, 0.3) is 11.3 Å². The number of H-pyrrole nitrogens is 1. The van der Waals surface area contributed by atoms with Gasteiger partial charge in [-0.05, 0) is 24.1 Å². The Balaban J connectivity index is 1.24. The van der Waals surface area contributed by atoms with Gasteiger partial charge in [0.25, 0.3) is 5.91 Å². The Morgan fingerprint density at radius 1 is 1.13 bits per heavy atom. The zero-order valence-electron chi connectivity index (χ0n) is 17.2. The highest BCUT2D eigenvalue weighted by molar-refractivity contribution is 7.98. The monoisotopic (exact) mass is 433 g/mol. The Labute approximate surface area is 184 Å². The van der Waals surface area contributed by atoms with Gasteiger partial charge in [-0.15, -0.1) is 0 Å². The summed E-state index contributed by atoms with van der Waals surface area (Å²) < 4.78 is 5.44. The van der Waals surface area contributed by atoms with Crippen LogP contribution >= 0.6 is 11.8 Å². The van der Waals surface area contributed by atoms with Crippen molar-refractivity contribution in [1.82, 2.24) is 25.2 Å². The minimum atomic E-state index is 0.0111. The summed E-state index contributed by atoms with van der Waals surface area (Å²) in [5.41, 5.74) is 3.68. The molecule has 2 heterocycles. The van der Waals surface area contributed by atoms with Gasteiger partial charge in [0.2, 0.25) is 0 Å². The highest BCUT2D eigenvalue weighted by Crippen LogP contribution is 2.20. The minimum absolute atomic E-state index is 0.0111. The molecule has 0 aliphatic heterocycles. The van der Waals surface area contributed by atoms with Gasteiger partial charge >= 0.3 is 0 Å². The summed E-state index contributed by atoms with van der Waals surface area (Å²) in [4.78, 5) is 18.5. The number of hydrogen-bond donors (Lipinski definition) is 1. The first-order valence-electron chi connectivity index (χ1n) is 10.0. The van der Waals surface area contributed by atoms with Gasteiger partial charge in [-0.3, -0.25) is 9.89 Å². The van der Waals surface area contributed by atoms with Gasteiger partial charge < -0.3 is 9.42 Å². The number of nitrogens with one attached hydrogen (secondary N) is 1. The number of carbonyl (C=O) groups excluding carboxylic acids is 1. The summed E-state index contributed by atoms with van der Waals surface area (Å²) in [5, 5.41) is 11.6. The quantitative estimate of drug-likeness (QED) is 0.392. The Kier molecular flexibility index (Phi) is 6.78. The van der Waals surface area contributed by atoms with Gasteiger partial charge in [0, 0.05) is 43.0 Å². The van der Waals surface area contributed by atoms with E-state index in [-0.39, 0.29) is 5.91 Å². The number of nitrogens with zero attached hydrogens (tertiary/aromatic N) is 4. The van der Waals surface area contributed by atoms with Crippen molar-refractivity contribution in [2.75, 3.05) is 13.6 Å². The van der Waals surface area contributed by atoms with Gasteiger partial charge in [-0.25, -0.2) is 4.98 Å². The molecule has 4 aromatic rings. The van der Waals surface area contributed by atoms with Crippen LogP contribution in [0, 0.1) is 0 Å². The third-order valence-electron chi connectivity index (χ3n) is 4.86. The van der Waals surface area contributed by atoms with Crippen LogP contribution in [0.5, 0.6) is 0 Å². The van der Waals surface area contributed by atoms with Crippen LogP contribution in [0.2, 0.25) is 0 Å². The molecule has 0 atom stereocenters. The zero-order valence-corrected chi connectivity index (χ0v) is 18.0. The van der Waals surface area contributed by atoms with Crippen LogP contribution in [-0.2, 0) is 12.2 Å². The van der Waals surface area contributed by atoms with Gasteiger partial charge in [0.1, 0.15) is 17.8 Å². The van der Waals surface area contributed by atoms with E-state index in [2.05, 4.69) is 20.3 Å². The van der Waals surface area contributed by atoms with Gasteiger partial charge in [-0.2, -0.15) is 5.10 Å². The first kappa shape index (κ1) is 20.9. The van der Waals surface area contributed by atoms with E-state index in [9.17, 15) is 4.79 Å². The summed E-state index contributed by atoms with van der Waals surface area (Å²) in [6.45, 7) is 0.642. The van der Waals surface area contributed by atoms with Crippen LogP contribution in [0.1, 0.15) is 28.1 Å². The number of aromatic nitrogens is 4. The second kappa shape index (κ2) is 10.1. The SMILES string of the molecule is CN(CCCc1cc(-c2ccccc2)no1)C(=O)c1ccc(CSc2ncn[nH]2)cc1. The van der Waals surface area contributed by atoms with Crippen molar-refractivity contribution in [3.63, 3.8) is 0 Å². The first-order valence-corrected chi connectivity index (χ1v) is 11.0. The van der Waals surface area contributed by atoms with E-state index in [1.54, 1.807) is 16.7 Å². The molecule has 4 rings (SSSR count). The zero-order chi connectivity index (χ0) is 21.5. The first-order chi connectivity index (χ1) is 15.2. The topological polar surface area (TPSA) is 87.9 Å². The average molecular weight is 434 g/mol. The van der Waals surface area contributed by atoms with E-state index in [1.165, 1.54) is 6.33 Å². The lowest BCUT2D eigenvalue weighted by atomic mass is 10.1. The number of aromatic amines is 1.